The molecule has 0 spiro atoms. The number of nitrogens with zero attached hydrogens (tertiary/aromatic N) is 6. The van der Waals surface area contributed by atoms with Gasteiger partial charge in [0, 0.05) is 37.9 Å². The van der Waals surface area contributed by atoms with Crippen molar-refractivity contribution in [2.75, 3.05) is 31.2 Å². The molecule has 2 atom stereocenters. The van der Waals surface area contributed by atoms with Crippen molar-refractivity contribution in [3.05, 3.63) is 82.4 Å². The molecular formula is C29H32F2N6O5S. The van der Waals surface area contributed by atoms with Crippen LogP contribution in [0.5, 0.6) is 0 Å². The third kappa shape index (κ3) is 5.33. The van der Waals surface area contributed by atoms with E-state index < -0.39 is 34.9 Å². The van der Waals surface area contributed by atoms with Gasteiger partial charge in [-0.15, -0.1) is 21.0 Å². The molecule has 1 fully saturated rings. The van der Waals surface area contributed by atoms with Crippen LogP contribution in [0, 0.1) is 13.8 Å². The number of alkyl halides is 2. The van der Waals surface area contributed by atoms with Gasteiger partial charge in [0.1, 0.15) is 4.90 Å². The highest BCUT2D eigenvalue weighted by atomic mass is 32.3. The first-order valence-corrected chi connectivity index (χ1v) is 15.3. The van der Waals surface area contributed by atoms with Gasteiger partial charge >= 0.3 is 5.97 Å². The summed E-state index contributed by atoms with van der Waals surface area (Å²) >= 11 is 0. The number of pyridine rings is 2. The highest BCUT2D eigenvalue weighted by molar-refractivity contribution is 8.22. The molecule has 2 aliphatic heterocycles. The lowest BCUT2D eigenvalue weighted by Crippen LogP contribution is -2.50. The Morgan fingerprint density at radius 1 is 1.19 bits per heavy atom. The Kier molecular flexibility index (Phi) is 7.81. The summed E-state index contributed by atoms with van der Waals surface area (Å²) in [6, 6.07) is 10.5. The van der Waals surface area contributed by atoms with Crippen molar-refractivity contribution in [2.45, 2.75) is 50.1 Å². The first-order chi connectivity index (χ1) is 20.6. The molecule has 1 aromatic carbocycles. The minimum atomic E-state index is -3.43. The molecule has 43 heavy (non-hydrogen) atoms. The van der Waals surface area contributed by atoms with Crippen molar-refractivity contribution < 1.29 is 32.5 Å². The number of fused-ring (bicyclic) bond motifs is 4. The second kappa shape index (κ2) is 11.4. The maximum absolute atomic E-state index is 13.4. The molecule has 14 heteroatoms. The molecule has 0 radical (unpaired) electrons. The second-order valence-electron chi connectivity index (χ2n) is 10.9. The molecule has 0 aliphatic carbocycles. The van der Waals surface area contributed by atoms with Crippen molar-refractivity contribution in [1.29, 1.82) is 0 Å². The van der Waals surface area contributed by atoms with E-state index in [0.29, 0.717) is 53.7 Å². The number of aliphatic carboxylic acids is 1. The van der Waals surface area contributed by atoms with Gasteiger partial charge in [0.25, 0.3) is 6.43 Å². The number of ether oxygens (including phenoxy) is 1. The number of halogens is 2. The van der Waals surface area contributed by atoms with Crippen LogP contribution in [-0.2, 0) is 16.1 Å². The quantitative estimate of drug-likeness (QED) is 0.260. The molecule has 1 unspecified atom stereocenters. The maximum atomic E-state index is 13.4. The van der Waals surface area contributed by atoms with Crippen LogP contribution in [0.25, 0.3) is 5.65 Å². The number of rotatable bonds is 7. The monoisotopic (exact) mass is 614 g/mol. The van der Waals surface area contributed by atoms with Crippen molar-refractivity contribution in [3.63, 3.8) is 0 Å². The topological polar surface area (TPSA) is 137 Å². The molecule has 5 heterocycles. The van der Waals surface area contributed by atoms with E-state index in [9.17, 15) is 27.8 Å². The number of carbonyl (C=O) groups is 1. The number of aryl methyl sites for hydroxylation is 2. The lowest BCUT2D eigenvalue weighted by atomic mass is 9.85. The van der Waals surface area contributed by atoms with Gasteiger partial charge < -0.3 is 14.7 Å². The van der Waals surface area contributed by atoms with Gasteiger partial charge in [-0.3, -0.25) is 18.3 Å². The third-order valence-corrected chi connectivity index (χ3v) is 10.2. The minimum absolute atomic E-state index is 0.144. The zero-order valence-electron chi connectivity index (χ0n) is 23.6. The summed E-state index contributed by atoms with van der Waals surface area (Å²) in [6.45, 7) is 5.64. The lowest BCUT2D eigenvalue weighted by molar-refractivity contribution is -0.137. The molecule has 4 aromatic rings. The number of anilines is 1. The largest absolute Gasteiger partial charge is 0.481 e. The Morgan fingerprint density at radius 3 is 2.77 bits per heavy atom. The van der Waals surface area contributed by atoms with Crippen LogP contribution in [-0.4, -0.2) is 76.4 Å². The minimum Gasteiger partial charge on any atom is -0.481 e. The third-order valence-electron chi connectivity index (χ3n) is 8.29. The summed E-state index contributed by atoms with van der Waals surface area (Å²) in [5.74, 6) is -1.58. The molecular weight excluding hydrogens is 582 g/mol. The van der Waals surface area contributed by atoms with Crippen LogP contribution in [0.1, 0.15) is 52.4 Å². The van der Waals surface area contributed by atoms with E-state index in [4.69, 9.17) is 4.74 Å². The standard InChI is InChI=1S/C29H32F2N6O5S/c1-17-5-6-19(23(13-25(38)39)22-7-9-37-27(18(22)2)33-34-29(37)26(30)31)12-20(17)14-35-15-21-16-42-11-10-36(21)28-24(43(35,40)41)4-3-8-32-28/h3-9,12,21,23,26,40-41H,10-11,13-16H2,1-2H3,(H,38,39)/t21-,23?/m0/s1. The predicted molar refractivity (Wildman–Crippen MR) is 156 cm³/mol. The van der Waals surface area contributed by atoms with Gasteiger partial charge in [0.2, 0.25) is 5.82 Å². The van der Waals surface area contributed by atoms with Crippen molar-refractivity contribution in [1.82, 2.24) is 23.9 Å². The molecule has 0 saturated carbocycles. The number of carboxylic acid groups (broad SMARTS) is 1. The van der Waals surface area contributed by atoms with Gasteiger partial charge in [-0.1, -0.05) is 18.2 Å². The van der Waals surface area contributed by atoms with Crippen LogP contribution < -0.4 is 4.90 Å². The first kappa shape index (κ1) is 29.4. The van der Waals surface area contributed by atoms with E-state index in [1.54, 1.807) is 35.6 Å². The molecule has 0 amide bonds. The summed E-state index contributed by atoms with van der Waals surface area (Å²) in [4.78, 5) is 19.0. The fourth-order valence-electron chi connectivity index (χ4n) is 6.02. The highest BCUT2D eigenvalue weighted by Gasteiger charge is 2.40. The van der Waals surface area contributed by atoms with Crippen molar-refractivity contribution in [3.8, 4) is 0 Å². The van der Waals surface area contributed by atoms with Gasteiger partial charge in [-0.05, 0) is 59.9 Å². The second-order valence-corrected chi connectivity index (χ2v) is 12.9. The summed E-state index contributed by atoms with van der Waals surface area (Å²) in [6.07, 6.45) is 0.0247. The predicted octanol–water partition coefficient (Wildman–Crippen LogP) is 5.03. The van der Waals surface area contributed by atoms with Crippen LogP contribution >= 0.6 is 10.8 Å². The molecule has 3 N–H and O–H groups in total. The average molecular weight is 615 g/mol. The number of aromatic nitrogens is 4. The van der Waals surface area contributed by atoms with Crippen LogP contribution in [0.2, 0.25) is 0 Å². The number of morpholine rings is 1. The molecule has 3 aromatic heterocycles. The molecule has 1 saturated heterocycles. The van der Waals surface area contributed by atoms with Crippen molar-refractivity contribution >= 4 is 28.2 Å². The summed E-state index contributed by atoms with van der Waals surface area (Å²) in [7, 11) is -3.43. The first-order valence-electron chi connectivity index (χ1n) is 13.8. The number of carboxylic acids is 1. The van der Waals surface area contributed by atoms with Crippen LogP contribution in [0.15, 0.2) is 53.7 Å². The number of hydrogen-bond acceptors (Lipinski definition) is 9. The molecule has 11 nitrogen and oxygen atoms in total. The van der Waals surface area contributed by atoms with E-state index in [-0.39, 0.29) is 24.7 Å². The molecule has 2 aliphatic rings. The van der Waals surface area contributed by atoms with Crippen molar-refractivity contribution in [2.24, 2.45) is 0 Å². The fourth-order valence-corrected chi connectivity index (χ4v) is 7.67. The average Bonchev–Trinajstić information content (AvgIpc) is 3.39. The molecule has 228 valence electrons. The molecule has 0 bridgehead atoms. The Bertz CT molecular complexity index is 1680. The zero-order chi connectivity index (χ0) is 30.5. The van der Waals surface area contributed by atoms with E-state index in [1.165, 1.54) is 10.6 Å². The molecule has 6 rings (SSSR count). The van der Waals surface area contributed by atoms with Gasteiger partial charge in [0.15, 0.2) is 11.5 Å². The Morgan fingerprint density at radius 2 is 2.00 bits per heavy atom. The SMILES string of the molecule is Cc1ccc(C(CC(=O)O)c2ccn3c(C(F)F)nnc3c2C)cc1CN1C[C@H]2COCCN2c2ncccc2S1(O)O. The summed E-state index contributed by atoms with van der Waals surface area (Å²) in [5, 5.41) is 17.4. The maximum Gasteiger partial charge on any atom is 0.304 e. The van der Waals surface area contributed by atoms with E-state index in [2.05, 4.69) is 20.1 Å². The van der Waals surface area contributed by atoms with E-state index in [1.807, 2.05) is 25.1 Å². The van der Waals surface area contributed by atoms with E-state index >= 15 is 0 Å². The van der Waals surface area contributed by atoms with Gasteiger partial charge in [-0.2, -0.15) is 4.31 Å². The van der Waals surface area contributed by atoms with Crippen LogP contribution in [0.3, 0.4) is 0 Å². The smallest absolute Gasteiger partial charge is 0.304 e. The number of hydrogen-bond donors (Lipinski definition) is 3. The summed E-state index contributed by atoms with van der Waals surface area (Å²) in [5.41, 5.74) is 3.81. The highest BCUT2D eigenvalue weighted by Crippen LogP contribution is 2.57. The Labute approximate surface area is 248 Å². The van der Waals surface area contributed by atoms with Crippen LogP contribution in [0.4, 0.5) is 14.6 Å². The fraction of sp³-hybridized carbons (Fsp3) is 0.379. The normalized spacial score (nSPS) is 20.0. The Balaban J connectivity index is 1.39. The number of benzene rings is 1. The van der Waals surface area contributed by atoms with Gasteiger partial charge in [0.05, 0.1) is 25.7 Å². The lowest BCUT2D eigenvalue weighted by Gasteiger charge is -2.42. The van der Waals surface area contributed by atoms with E-state index in [0.717, 1.165) is 11.1 Å². The zero-order valence-corrected chi connectivity index (χ0v) is 24.4. The Hall–Kier alpha value is -3.69. The van der Waals surface area contributed by atoms with Gasteiger partial charge in [-0.25, -0.2) is 13.8 Å². The summed E-state index contributed by atoms with van der Waals surface area (Å²) < 4.78 is 58.7.